The van der Waals surface area contributed by atoms with Gasteiger partial charge >= 0.3 is 6.09 Å². The maximum atomic E-state index is 11.9. The maximum Gasteiger partial charge on any atom is 0.407 e. The monoisotopic (exact) mass is 515 g/mol. The van der Waals surface area contributed by atoms with Crippen LogP contribution < -0.4 is 10.6 Å². The van der Waals surface area contributed by atoms with E-state index in [1.807, 2.05) is 46.9 Å². The van der Waals surface area contributed by atoms with E-state index in [1.165, 1.54) is 32.7 Å². The van der Waals surface area contributed by atoms with Gasteiger partial charge in [0.25, 0.3) is 0 Å². The number of carbonyl (C=O) groups excluding carboxylic acids is 1. The lowest BCUT2D eigenvalue weighted by Crippen LogP contribution is -2.33. The van der Waals surface area contributed by atoms with Crippen LogP contribution in [-0.2, 0) is 17.6 Å². The third-order valence-corrected chi connectivity index (χ3v) is 7.16. The molecule has 0 radical (unpaired) electrons. The minimum absolute atomic E-state index is 0.373. The van der Waals surface area contributed by atoms with E-state index < -0.39 is 5.60 Å². The Morgan fingerprint density at radius 3 is 2.60 bits per heavy atom. The average molecular weight is 516 g/mol. The van der Waals surface area contributed by atoms with Crippen LogP contribution in [-0.4, -0.2) is 42.1 Å². The van der Waals surface area contributed by atoms with Gasteiger partial charge in [0, 0.05) is 34.0 Å². The Balaban J connectivity index is 0.00000167. The molecule has 2 aliphatic rings. The molecule has 1 aromatic heterocycles. The number of ether oxygens (including phenoxy) is 1. The summed E-state index contributed by atoms with van der Waals surface area (Å²) < 4.78 is 5.33. The molecule has 1 saturated heterocycles. The van der Waals surface area contributed by atoms with Gasteiger partial charge in [-0.05, 0) is 94.4 Å². The summed E-state index contributed by atoms with van der Waals surface area (Å²) in [7, 11) is 0. The highest BCUT2D eigenvalue weighted by Crippen LogP contribution is 2.40. The number of nitrogens with zero attached hydrogens (tertiary/aromatic N) is 1. The number of hydrogen-bond acceptors (Lipinski definition) is 5. The summed E-state index contributed by atoms with van der Waals surface area (Å²) in [6.45, 7) is 12.2. The van der Waals surface area contributed by atoms with Gasteiger partial charge in [0.05, 0.1) is 5.69 Å². The number of thioether (sulfide) groups is 1. The number of aryl methyl sites for hydroxylation is 1. The molecule has 35 heavy (non-hydrogen) atoms. The number of rotatable bonds is 4. The number of benzene rings is 1. The number of fused-ring (bicyclic) bond motifs is 2. The van der Waals surface area contributed by atoms with E-state index in [2.05, 4.69) is 28.8 Å². The fraction of sp³-hybridized carbons (Fsp3) is 0.500. The summed E-state index contributed by atoms with van der Waals surface area (Å²) in [5.74, 6) is 0.768. The van der Waals surface area contributed by atoms with Gasteiger partial charge < -0.3 is 15.4 Å². The zero-order valence-electron chi connectivity index (χ0n) is 21.6. The number of piperidine rings is 1. The molecule has 5 nitrogen and oxygen atoms in total. The van der Waals surface area contributed by atoms with Crippen LogP contribution in [0.15, 0.2) is 40.9 Å². The smallest absolute Gasteiger partial charge is 0.407 e. The lowest BCUT2D eigenvalue weighted by atomic mass is 9.89. The fourth-order valence-corrected chi connectivity index (χ4v) is 5.58. The Morgan fingerprint density at radius 1 is 1.14 bits per heavy atom. The number of halogens is 1. The molecule has 2 N–H and O–H groups in total. The van der Waals surface area contributed by atoms with Crippen LogP contribution in [0.3, 0.4) is 0 Å². The summed E-state index contributed by atoms with van der Waals surface area (Å²) in [6, 6.07) is 8.38. The molecule has 2 heterocycles. The van der Waals surface area contributed by atoms with Gasteiger partial charge in [0.15, 0.2) is 0 Å². The van der Waals surface area contributed by atoms with E-state index in [4.69, 9.17) is 21.3 Å². The van der Waals surface area contributed by atoms with E-state index in [9.17, 15) is 4.79 Å². The van der Waals surface area contributed by atoms with E-state index in [-0.39, 0.29) is 6.09 Å². The zero-order chi connectivity index (χ0) is 25.4. The summed E-state index contributed by atoms with van der Waals surface area (Å²) >= 11 is 8.13. The number of alkyl carbamates (subject to hydrolysis) is 1. The van der Waals surface area contributed by atoms with Crippen molar-refractivity contribution in [3.05, 3.63) is 63.4 Å². The van der Waals surface area contributed by atoms with Crippen LogP contribution in [0, 0.1) is 0 Å². The normalized spacial score (nSPS) is 15.3. The second-order valence-electron chi connectivity index (χ2n) is 9.44. The van der Waals surface area contributed by atoms with E-state index in [1.54, 1.807) is 11.8 Å². The summed E-state index contributed by atoms with van der Waals surface area (Å²) in [4.78, 5) is 18.1. The van der Waals surface area contributed by atoms with Gasteiger partial charge in [0.2, 0.25) is 0 Å². The third-order valence-electron chi connectivity index (χ3n) is 5.82. The van der Waals surface area contributed by atoms with E-state index >= 15 is 0 Å². The second kappa shape index (κ2) is 12.8. The first-order chi connectivity index (χ1) is 16.8. The Kier molecular flexibility index (Phi) is 10.1. The van der Waals surface area contributed by atoms with Crippen molar-refractivity contribution in [3.63, 3.8) is 0 Å². The van der Waals surface area contributed by atoms with E-state index in [0.29, 0.717) is 6.54 Å². The Labute approximate surface area is 219 Å². The first-order valence-corrected chi connectivity index (χ1v) is 14.0. The maximum absolute atomic E-state index is 11.9. The SMILES string of the molecule is CC.CC(C)(C)OC(=O)NCCSc1ccnc2c1CCc1cc(Cl)ccc1C2=C1CCNCC1. The number of aromatic nitrogens is 1. The molecule has 190 valence electrons. The molecule has 4 rings (SSSR count). The van der Waals surface area contributed by atoms with Crippen molar-refractivity contribution in [2.75, 3.05) is 25.4 Å². The molecule has 1 aliphatic carbocycles. The van der Waals surface area contributed by atoms with Crippen LogP contribution in [0.5, 0.6) is 0 Å². The minimum Gasteiger partial charge on any atom is -0.444 e. The van der Waals surface area contributed by atoms with Gasteiger partial charge in [-0.25, -0.2) is 4.79 Å². The van der Waals surface area contributed by atoms with Crippen molar-refractivity contribution < 1.29 is 9.53 Å². The van der Waals surface area contributed by atoms with Gasteiger partial charge in [-0.1, -0.05) is 37.1 Å². The minimum atomic E-state index is -0.490. The molecule has 0 spiro atoms. The predicted octanol–water partition coefficient (Wildman–Crippen LogP) is 6.66. The Bertz CT molecular complexity index is 1050. The molecule has 7 heteroatoms. The summed E-state index contributed by atoms with van der Waals surface area (Å²) in [5.41, 5.74) is 7.26. The fourth-order valence-electron chi connectivity index (χ4n) is 4.43. The average Bonchev–Trinajstić information content (AvgIpc) is 2.99. The van der Waals surface area contributed by atoms with Crippen molar-refractivity contribution in [3.8, 4) is 0 Å². The standard InChI is InChI=1S/C26H32ClN3O2S.C2H6/c1-26(2,3)32-25(31)30-14-15-33-22-10-13-29-24-21(22)6-4-18-16-19(27)5-7-20(18)23(24)17-8-11-28-12-9-17;1-2/h5,7,10,13,16,28H,4,6,8-9,11-12,14-15H2,1-3H3,(H,30,31);1-2H3. The van der Waals surface area contributed by atoms with Crippen LogP contribution in [0.25, 0.3) is 5.57 Å². The number of amides is 1. The van der Waals surface area contributed by atoms with Gasteiger partial charge in [-0.15, -0.1) is 11.8 Å². The molecular weight excluding hydrogens is 478 g/mol. The zero-order valence-corrected chi connectivity index (χ0v) is 23.2. The second-order valence-corrected chi connectivity index (χ2v) is 11.0. The van der Waals surface area contributed by atoms with Crippen LogP contribution in [0.4, 0.5) is 4.79 Å². The van der Waals surface area contributed by atoms with Crippen molar-refractivity contribution in [1.82, 2.24) is 15.6 Å². The lowest BCUT2D eigenvalue weighted by molar-refractivity contribution is 0.0531. The molecule has 1 amide bonds. The molecular formula is C28H38ClN3O2S. The molecule has 1 fully saturated rings. The first-order valence-electron chi connectivity index (χ1n) is 12.6. The van der Waals surface area contributed by atoms with Crippen molar-refractivity contribution in [2.45, 2.75) is 70.8 Å². The molecule has 2 aromatic rings. The number of hydrogen-bond donors (Lipinski definition) is 2. The van der Waals surface area contributed by atoms with Crippen LogP contribution in [0.2, 0.25) is 5.02 Å². The van der Waals surface area contributed by atoms with Crippen LogP contribution in [0.1, 0.15) is 69.8 Å². The van der Waals surface area contributed by atoms with Gasteiger partial charge in [-0.3, -0.25) is 4.98 Å². The predicted molar refractivity (Wildman–Crippen MR) is 148 cm³/mol. The highest BCUT2D eigenvalue weighted by atomic mass is 35.5. The van der Waals surface area contributed by atoms with Crippen molar-refractivity contribution in [2.24, 2.45) is 0 Å². The van der Waals surface area contributed by atoms with Gasteiger partial charge in [-0.2, -0.15) is 0 Å². The van der Waals surface area contributed by atoms with Crippen molar-refractivity contribution in [1.29, 1.82) is 0 Å². The number of carbonyl (C=O) groups is 1. The summed E-state index contributed by atoms with van der Waals surface area (Å²) in [5, 5.41) is 7.11. The molecule has 0 bridgehead atoms. The van der Waals surface area contributed by atoms with Crippen molar-refractivity contribution >= 4 is 35.0 Å². The first kappa shape index (κ1) is 27.6. The number of pyridine rings is 1. The molecule has 1 aliphatic heterocycles. The third kappa shape index (κ3) is 7.48. The lowest BCUT2D eigenvalue weighted by Gasteiger charge is -2.22. The van der Waals surface area contributed by atoms with Gasteiger partial charge in [0.1, 0.15) is 5.60 Å². The molecule has 0 saturated carbocycles. The topological polar surface area (TPSA) is 63.2 Å². The Hall–Kier alpha value is -2.02. The molecule has 0 unspecified atom stereocenters. The van der Waals surface area contributed by atoms with E-state index in [0.717, 1.165) is 55.2 Å². The Morgan fingerprint density at radius 2 is 1.89 bits per heavy atom. The quantitative estimate of drug-likeness (QED) is 0.352. The largest absolute Gasteiger partial charge is 0.444 e. The highest BCUT2D eigenvalue weighted by Gasteiger charge is 2.25. The number of nitrogens with one attached hydrogen (secondary N) is 2. The molecule has 0 atom stereocenters. The molecule has 1 aromatic carbocycles. The van der Waals surface area contributed by atoms with Crippen LogP contribution >= 0.6 is 23.4 Å². The highest BCUT2D eigenvalue weighted by molar-refractivity contribution is 7.99. The summed E-state index contributed by atoms with van der Waals surface area (Å²) in [6.07, 6.45) is 5.49.